The Hall–Kier alpha value is -5.90. The second-order valence-corrected chi connectivity index (χ2v) is 11.4. The van der Waals surface area contributed by atoms with Crippen LogP contribution in [0.15, 0.2) is 48.8 Å². The summed E-state index contributed by atoms with van der Waals surface area (Å²) in [6.07, 6.45) is -4.25. The molecule has 0 radical (unpaired) electrons. The molecule has 2 heterocycles. The Kier molecular flexibility index (Phi) is 18.0. The second-order valence-electron chi connectivity index (χ2n) is 11.4. The predicted molar refractivity (Wildman–Crippen MR) is 183 cm³/mol. The van der Waals surface area contributed by atoms with E-state index in [4.69, 9.17) is 19.8 Å². The molecule has 4 aromatic rings. The van der Waals surface area contributed by atoms with E-state index in [0.717, 1.165) is 25.9 Å². The lowest BCUT2D eigenvalue weighted by atomic mass is 10.1. The van der Waals surface area contributed by atoms with Gasteiger partial charge in [-0.25, -0.2) is 18.4 Å². The maximum Gasteiger partial charge on any atom is 0.490 e. The monoisotopic (exact) mass is 808 g/mol. The molecule has 0 spiro atoms. The van der Waals surface area contributed by atoms with Crippen LogP contribution in [-0.4, -0.2) is 107 Å². The van der Waals surface area contributed by atoms with Crippen molar-refractivity contribution >= 4 is 57.1 Å². The van der Waals surface area contributed by atoms with Gasteiger partial charge in [-0.15, -0.1) is 0 Å². The van der Waals surface area contributed by atoms with Gasteiger partial charge in [0.25, 0.3) is 23.4 Å². The first-order chi connectivity index (χ1) is 26.3. The molecule has 0 aliphatic rings. The van der Waals surface area contributed by atoms with Gasteiger partial charge in [-0.05, 0) is 64.0 Å². The highest BCUT2D eigenvalue weighted by molar-refractivity contribution is 6.45. The Balaban J connectivity index is 0.000000657. The number of hydrogen-bond acceptors (Lipinski definition) is 8. The molecular weight excluding hydrogens is 772 g/mol. The Morgan fingerprint density at radius 1 is 0.536 bits per heavy atom. The van der Waals surface area contributed by atoms with Crippen LogP contribution in [0.2, 0.25) is 0 Å². The number of ketones is 2. The average Bonchev–Trinajstić information content (AvgIpc) is 3.77. The van der Waals surface area contributed by atoms with Crippen LogP contribution in [0.25, 0.3) is 21.8 Å². The summed E-state index contributed by atoms with van der Waals surface area (Å²) in [5.74, 6) is -9.32. The average molecular weight is 809 g/mol. The number of rotatable bonds is 17. The highest BCUT2D eigenvalue weighted by atomic mass is 19.4. The molecule has 0 aliphatic heterocycles. The first-order valence-corrected chi connectivity index (χ1v) is 16.4. The van der Waals surface area contributed by atoms with Gasteiger partial charge in [0.1, 0.15) is 11.6 Å². The minimum Gasteiger partial charge on any atom is -0.475 e. The number of H-pyrrole nitrogens is 2. The number of aromatic nitrogens is 2. The predicted octanol–water partition coefficient (Wildman–Crippen LogP) is 4.23. The Morgan fingerprint density at radius 3 is 1.18 bits per heavy atom. The summed E-state index contributed by atoms with van der Waals surface area (Å²) in [6.45, 7) is 3.69. The minimum absolute atomic E-state index is 0.147. The van der Waals surface area contributed by atoms with E-state index in [1.165, 1.54) is 36.7 Å². The molecule has 0 aliphatic carbocycles. The number of benzene rings is 2. The van der Waals surface area contributed by atoms with E-state index in [1.807, 2.05) is 0 Å². The van der Waals surface area contributed by atoms with Crippen molar-refractivity contribution in [2.45, 2.75) is 38.0 Å². The van der Waals surface area contributed by atoms with Crippen molar-refractivity contribution in [3.63, 3.8) is 0 Å². The molecule has 2 amide bonds. The quantitative estimate of drug-likeness (QED) is 0.0328. The summed E-state index contributed by atoms with van der Waals surface area (Å²) in [4.78, 5) is 72.4. The van der Waals surface area contributed by atoms with E-state index in [-0.39, 0.29) is 22.2 Å². The van der Waals surface area contributed by atoms with Crippen molar-refractivity contribution in [3.05, 3.63) is 71.6 Å². The lowest BCUT2D eigenvalue weighted by molar-refractivity contribution is -0.193. The number of aromatic amines is 2. The molecule has 0 saturated carbocycles. The number of unbranched alkanes of at least 4 members (excludes halogenated alkanes) is 1. The number of para-hydroxylation sites is 2. The smallest absolute Gasteiger partial charge is 0.475 e. The van der Waals surface area contributed by atoms with Crippen molar-refractivity contribution in [1.29, 1.82) is 0 Å². The molecule has 0 fully saturated rings. The number of carboxylic acid groups (broad SMARTS) is 2. The van der Waals surface area contributed by atoms with Crippen LogP contribution in [0.3, 0.4) is 0 Å². The van der Waals surface area contributed by atoms with Crippen LogP contribution in [0.1, 0.15) is 46.4 Å². The number of halogens is 8. The molecule has 14 nitrogen and oxygen atoms in total. The van der Waals surface area contributed by atoms with Crippen molar-refractivity contribution in [2.24, 2.45) is 0 Å². The van der Waals surface area contributed by atoms with Gasteiger partial charge in [0.15, 0.2) is 0 Å². The Labute approximate surface area is 311 Å². The molecule has 2 aromatic heterocycles. The molecule has 0 bridgehead atoms. The maximum absolute atomic E-state index is 13.8. The highest BCUT2D eigenvalue weighted by Crippen LogP contribution is 2.22. The highest BCUT2D eigenvalue weighted by Gasteiger charge is 2.39. The zero-order chi connectivity index (χ0) is 42.1. The number of alkyl halides is 6. The van der Waals surface area contributed by atoms with Gasteiger partial charge in [-0.1, -0.05) is 24.3 Å². The lowest BCUT2D eigenvalue weighted by Gasteiger charge is -2.08. The van der Waals surface area contributed by atoms with Gasteiger partial charge < -0.3 is 41.4 Å². The summed E-state index contributed by atoms with van der Waals surface area (Å²) >= 11 is 0. The van der Waals surface area contributed by atoms with Crippen molar-refractivity contribution in [2.75, 3.05) is 39.3 Å². The van der Waals surface area contributed by atoms with Crippen molar-refractivity contribution in [3.8, 4) is 0 Å². The van der Waals surface area contributed by atoms with Crippen LogP contribution < -0.4 is 21.3 Å². The topological polar surface area (TPSA) is 223 Å². The van der Waals surface area contributed by atoms with Gasteiger partial charge in [0.2, 0.25) is 0 Å². The molecule has 8 N–H and O–H groups in total. The number of fused-ring (bicyclic) bond motifs is 2. The number of hydrogen-bond donors (Lipinski definition) is 8. The number of nitrogens with one attached hydrogen (secondary N) is 6. The number of carbonyl (C=O) groups excluding carboxylic acids is 4. The van der Waals surface area contributed by atoms with Gasteiger partial charge >= 0.3 is 24.3 Å². The Morgan fingerprint density at radius 2 is 0.857 bits per heavy atom. The van der Waals surface area contributed by atoms with Gasteiger partial charge in [0.05, 0.1) is 22.2 Å². The molecule has 306 valence electrons. The maximum atomic E-state index is 13.8. The SMILES string of the molecule is O=C(NCCCNCCCCNCCCNC(=O)C(=O)c1c[nH]c2c(F)cccc12)C(=O)c1c[nH]c2c(F)cccc12.O=C(O)C(F)(F)F.O=C(O)C(F)(F)F. The fraction of sp³-hybridized carbons (Fsp3) is 0.353. The van der Waals surface area contributed by atoms with Crippen LogP contribution in [-0.2, 0) is 19.2 Å². The van der Waals surface area contributed by atoms with Gasteiger partial charge in [0, 0.05) is 36.3 Å². The fourth-order valence-corrected chi connectivity index (χ4v) is 4.60. The van der Waals surface area contributed by atoms with E-state index >= 15 is 0 Å². The summed E-state index contributed by atoms with van der Waals surface area (Å²) < 4.78 is 91.0. The van der Waals surface area contributed by atoms with Gasteiger partial charge in [-0.3, -0.25) is 19.2 Å². The van der Waals surface area contributed by atoms with E-state index in [1.54, 1.807) is 12.1 Å². The first-order valence-electron chi connectivity index (χ1n) is 16.4. The van der Waals surface area contributed by atoms with Crippen molar-refractivity contribution < 1.29 is 74.1 Å². The summed E-state index contributed by atoms with van der Waals surface area (Å²) in [6, 6.07) is 8.75. The largest absolute Gasteiger partial charge is 0.490 e. The lowest BCUT2D eigenvalue weighted by Crippen LogP contribution is -2.33. The van der Waals surface area contributed by atoms with E-state index < -0.39 is 59.3 Å². The second kappa shape index (κ2) is 21.9. The first kappa shape index (κ1) is 46.3. The number of aliphatic carboxylic acids is 2. The fourth-order valence-electron chi connectivity index (χ4n) is 4.60. The normalized spacial score (nSPS) is 11.2. The van der Waals surface area contributed by atoms with Crippen LogP contribution in [0, 0.1) is 11.6 Å². The number of carbonyl (C=O) groups is 6. The summed E-state index contributed by atoms with van der Waals surface area (Å²) in [7, 11) is 0. The third-order valence-corrected chi connectivity index (χ3v) is 7.30. The summed E-state index contributed by atoms with van der Waals surface area (Å²) in [5.41, 5.74) is 0.698. The van der Waals surface area contributed by atoms with Crippen LogP contribution in [0.5, 0.6) is 0 Å². The van der Waals surface area contributed by atoms with Crippen LogP contribution in [0.4, 0.5) is 35.1 Å². The van der Waals surface area contributed by atoms with E-state index in [9.17, 15) is 54.3 Å². The molecular formula is C34H36F8N6O8. The zero-order valence-electron chi connectivity index (χ0n) is 29.1. The standard InChI is InChI=1S/C30H34F2N6O4.2C2HF3O2/c31-23-9-3-7-19-21(17-37-25(19)23)27(39)29(41)35-15-5-13-33-11-1-2-12-34-14-6-16-36-30(42)28(40)22-18-38-26-20(22)8-4-10-24(26)32;2*3-2(4,5)1(6)7/h3-4,7-10,17-18,33-34,37-38H,1-2,5-6,11-16H2,(H,35,41)(H,36,42);2*(H,6,7). The van der Waals surface area contributed by atoms with Gasteiger partial charge in [-0.2, -0.15) is 26.3 Å². The molecule has 4 rings (SSSR count). The zero-order valence-corrected chi connectivity index (χ0v) is 29.1. The third kappa shape index (κ3) is 14.7. The number of amides is 2. The molecule has 56 heavy (non-hydrogen) atoms. The van der Waals surface area contributed by atoms with Crippen LogP contribution >= 0.6 is 0 Å². The van der Waals surface area contributed by atoms with Crippen molar-refractivity contribution in [1.82, 2.24) is 31.2 Å². The summed E-state index contributed by atoms with van der Waals surface area (Å²) in [5, 5.41) is 26.8. The molecule has 0 atom stereocenters. The molecule has 0 unspecified atom stereocenters. The van der Waals surface area contributed by atoms with E-state index in [0.29, 0.717) is 49.8 Å². The minimum atomic E-state index is -5.08. The molecule has 0 saturated heterocycles. The number of carboxylic acids is 2. The third-order valence-electron chi connectivity index (χ3n) is 7.30. The molecule has 2 aromatic carbocycles. The Bertz CT molecular complexity index is 1840. The van der Waals surface area contributed by atoms with E-state index in [2.05, 4.69) is 31.2 Å². The number of Topliss-reactive ketones (excluding diaryl/α,β-unsaturated/α-hetero) is 2. The molecule has 22 heteroatoms.